The Balaban J connectivity index is 1.60. The van der Waals surface area contributed by atoms with E-state index >= 15 is 0 Å². The molecule has 20 heavy (non-hydrogen) atoms. The summed E-state index contributed by atoms with van der Waals surface area (Å²) in [4.78, 5) is 12.2. The van der Waals surface area contributed by atoms with Gasteiger partial charge in [-0.25, -0.2) is 5.43 Å². The van der Waals surface area contributed by atoms with Crippen LogP contribution in [0.25, 0.3) is 0 Å². The van der Waals surface area contributed by atoms with Gasteiger partial charge < -0.3 is 5.11 Å². The van der Waals surface area contributed by atoms with Gasteiger partial charge in [-0.3, -0.25) is 4.79 Å². The van der Waals surface area contributed by atoms with Crippen LogP contribution in [0, 0.1) is 17.3 Å². The Kier molecular flexibility index (Phi) is 3.24. The number of nitrogens with zero attached hydrogens (tertiary/aromatic N) is 1. The highest BCUT2D eigenvalue weighted by Crippen LogP contribution is 2.66. The molecule has 3 atom stereocenters. The molecular formula is C16H20N2O2. The Morgan fingerprint density at radius 1 is 1.45 bits per heavy atom. The second-order valence-corrected chi connectivity index (χ2v) is 6.13. The van der Waals surface area contributed by atoms with Crippen molar-refractivity contribution in [1.29, 1.82) is 0 Å². The van der Waals surface area contributed by atoms with Gasteiger partial charge >= 0.3 is 0 Å². The van der Waals surface area contributed by atoms with Gasteiger partial charge in [0.1, 0.15) is 5.75 Å². The van der Waals surface area contributed by atoms with E-state index in [-0.39, 0.29) is 23.0 Å². The van der Waals surface area contributed by atoms with Gasteiger partial charge in [0.25, 0.3) is 0 Å². The van der Waals surface area contributed by atoms with E-state index in [2.05, 4.69) is 17.5 Å². The molecule has 1 aromatic rings. The Morgan fingerprint density at radius 3 is 2.95 bits per heavy atom. The van der Waals surface area contributed by atoms with Crippen molar-refractivity contribution in [2.45, 2.75) is 32.6 Å². The van der Waals surface area contributed by atoms with Gasteiger partial charge in [-0.15, -0.1) is 0 Å². The Bertz CT molecular complexity index is 555. The maximum atomic E-state index is 12.2. The molecule has 4 nitrogen and oxygen atoms in total. The molecule has 2 aliphatic carbocycles. The quantitative estimate of drug-likeness (QED) is 0.656. The van der Waals surface area contributed by atoms with Crippen molar-refractivity contribution in [1.82, 2.24) is 5.43 Å². The molecule has 2 fully saturated rings. The van der Waals surface area contributed by atoms with E-state index in [4.69, 9.17) is 0 Å². The van der Waals surface area contributed by atoms with Gasteiger partial charge in [0.15, 0.2) is 0 Å². The number of hydrogen-bond donors (Lipinski definition) is 2. The summed E-state index contributed by atoms with van der Waals surface area (Å²) >= 11 is 0. The van der Waals surface area contributed by atoms with Crippen LogP contribution in [0.3, 0.4) is 0 Å². The molecule has 0 aliphatic heterocycles. The van der Waals surface area contributed by atoms with Crippen molar-refractivity contribution >= 4 is 12.1 Å². The van der Waals surface area contributed by atoms with Crippen LogP contribution in [-0.4, -0.2) is 17.2 Å². The lowest BCUT2D eigenvalue weighted by molar-refractivity contribution is -0.123. The molecule has 1 aromatic carbocycles. The number of rotatable bonds is 3. The van der Waals surface area contributed by atoms with Gasteiger partial charge in [-0.1, -0.05) is 31.9 Å². The first-order valence-corrected chi connectivity index (χ1v) is 7.24. The minimum absolute atomic E-state index is 0.0195. The molecule has 3 unspecified atom stereocenters. The fourth-order valence-corrected chi connectivity index (χ4v) is 3.68. The predicted octanol–water partition coefficient (Wildman–Crippen LogP) is 2.67. The zero-order valence-electron chi connectivity index (χ0n) is 11.7. The minimum atomic E-state index is 0.0195. The maximum Gasteiger partial charge on any atom is 0.244 e. The number of carbonyl (C=O) groups is 1. The topological polar surface area (TPSA) is 61.7 Å². The highest BCUT2D eigenvalue weighted by atomic mass is 16.3. The molecule has 4 heteroatoms. The van der Waals surface area contributed by atoms with Crippen LogP contribution >= 0.6 is 0 Å². The van der Waals surface area contributed by atoms with Gasteiger partial charge in [0.05, 0.1) is 6.21 Å². The van der Waals surface area contributed by atoms with Crippen molar-refractivity contribution in [3.05, 3.63) is 29.8 Å². The zero-order chi connectivity index (χ0) is 14.2. The molecule has 106 valence electrons. The van der Waals surface area contributed by atoms with Crippen LogP contribution in [0.1, 0.15) is 38.2 Å². The van der Waals surface area contributed by atoms with Crippen LogP contribution in [0.4, 0.5) is 0 Å². The minimum Gasteiger partial charge on any atom is -0.507 e. The van der Waals surface area contributed by atoms with E-state index in [0.29, 0.717) is 11.5 Å². The first-order chi connectivity index (χ1) is 9.63. The predicted molar refractivity (Wildman–Crippen MR) is 77.4 cm³/mol. The summed E-state index contributed by atoms with van der Waals surface area (Å²) in [6.45, 7) is 2.22. The molecule has 0 saturated heterocycles. The second-order valence-electron chi connectivity index (χ2n) is 6.13. The molecule has 0 radical (unpaired) electrons. The largest absolute Gasteiger partial charge is 0.507 e. The summed E-state index contributed by atoms with van der Waals surface area (Å²) in [5.74, 6) is 0.840. The van der Waals surface area contributed by atoms with Gasteiger partial charge in [-0.2, -0.15) is 5.10 Å². The number of carbonyl (C=O) groups excluding carboxylic acids is 1. The van der Waals surface area contributed by atoms with E-state index in [0.717, 1.165) is 12.8 Å². The third kappa shape index (κ3) is 2.19. The average Bonchev–Trinajstić information content (AvgIpc) is 3.06. The summed E-state index contributed by atoms with van der Waals surface area (Å²) in [5, 5.41) is 13.6. The highest BCUT2D eigenvalue weighted by molar-refractivity contribution is 5.87. The summed E-state index contributed by atoms with van der Waals surface area (Å²) in [6.07, 6.45) is 6.28. The number of para-hydroxylation sites is 1. The first-order valence-electron chi connectivity index (χ1n) is 7.24. The summed E-state index contributed by atoms with van der Waals surface area (Å²) in [5.41, 5.74) is 3.43. The maximum absolute atomic E-state index is 12.2. The van der Waals surface area contributed by atoms with Crippen molar-refractivity contribution < 1.29 is 9.90 Å². The lowest BCUT2D eigenvalue weighted by Gasteiger charge is -2.15. The summed E-state index contributed by atoms with van der Waals surface area (Å²) in [6, 6.07) is 6.92. The smallest absolute Gasteiger partial charge is 0.244 e. The van der Waals surface area contributed by atoms with Crippen LogP contribution in [-0.2, 0) is 4.79 Å². The Labute approximate surface area is 118 Å². The molecule has 1 amide bonds. The molecule has 3 rings (SSSR count). The molecule has 0 heterocycles. The number of phenolic OH excluding ortho intramolecular Hbond substituents is 1. The van der Waals surface area contributed by atoms with E-state index < -0.39 is 0 Å². The number of amides is 1. The van der Waals surface area contributed by atoms with Crippen LogP contribution in [0.15, 0.2) is 29.4 Å². The van der Waals surface area contributed by atoms with Crippen molar-refractivity contribution in [3.63, 3.8) is 0 Å². The van der Waals surface area contributed by atoms with Crippen molar-refractivity contribution in [2.75, 3.05) is 0 Å². The summed E-state index contributed by atoms with van der Waals surface area (Å²) in [7, 11) is 0. The molecular weight excluding hydrogens is 252 g/mol. The van der Waals surface area contributed by atoms with Crippen LogP contribution in [0.5, 0.6) is 5.75 Å². The van der Waals surface area contributed by atoms with Gasteiger partial charge in [0, 0.05) is 11.5 Å². The molecule has 2 saturated carbocycles. The van der Waals surface area contributed by atoms with Gasteiger partial charge in [0.2, 0.25) is 5.91 Å². The highest BCUT2D eigenvalue weighted by Gasteiger charge is 2.64. The normalized spacial score (nSPS) is 31.9. The average molecular weight is 272 g/mol. The van der Waals surface area contributed by atoms with E-state index in [9.17, 15) is 9.90 Å². The Hall–Kier alpha value is -1.84. The SMILES string of the molecule is CC12CCCCC1C2C(=O)NN=Cc1ccccc1O. The second kappa shape index (κ2) is 4.93. The first kappa shape index (κ1) is 13.2. The lowest BCUT2D eigenvalue weighted by atomic mass is 9.90. The van der Waals surface area contributed by atoms with E-state index in [1.807, 2.05) is 6.07 Å². The monoisotopic (exact) mass is 272 g/mol. The summed E-state index contributed by atoms with van der Waals surface area (Å²) < 4.78 is 0. The number of fused-ring (bicyclic) bond motifs is 1. The molecule has 2 aliphatic rings. The van der Waals surface area contributed by atoms with Gasteiger partial charge in [-0.05, 0) is 36.3 Å². The number of hydrazone groups is 1. The van der Waals surface area contributed by atoms with Crippen LogP contribution in [0.2, 0.25) is 0 Å². The number of aromatic hydroxyl groups is 1. The third-order valence-electron chi connectivity index (χ3n) is 4.93. The fourth-order valence-electron chi connectivity index (χ4n) is 3.68. The molecule has 0 spiro atoms. The van der Waals surface area contributed by atoms with E-state index in [1.54, 1.807) is 18.2 Å². The molecule has 2 N–H and O–H groups in total. The molecule has 0 aromatic heterocycles. The zero-order valence-corrected chi connectivity index (χ0v) is 11.7. The lowest BCUT2D eigenvalue weighted by Crippen LogP contribution is -2.22. The van der Waals surface area contributed by atoms with Crippen molar-refractivity contribution in [2.24, 2.45) is 22.4 Å². The standard InChI is InChI=1S/C16H20N2O2/c1-16-9-5-4-7-12(16)14(16)15(20)18-17-10-11-6-2-3-8-13(11)19/h2-3,6,8,10,12,14,19H,4-5,7,9H2,1H3,(H,18,20). The van der Waals surface area contributed by atoms with Crippen molar-refractivity contribution in [3.8, 4) is 5.75 Å². The van der Waals surface area contributed by atoms with Crippen LogP contribution < -0.4 is 5.43 Å². The number of nitrogens with one attached hydrogen (secondary N) is 1. The third-order valence-corrected chi connectivity index (χ3v) is 4.93. The number of hydrogen-bond acceptors (Lipinski definition) is 3. The Morgan fingerprint density at radius 2 is 2.25 bits per heavy atom. The number of phenols is 1. The fraction of sp³-hybridized carbons (Fsp3) is 0.500. The molecule has 0 bridgehead atoms. The van der Waals surface area contributed by atoms with E-state index in [1.165, 1.54) is 19.1 Å². The number of benzene rings is 1.